The Morgan fingerprint density at radius 2 is 1.13 bits per heavy atom. The van der Waals surface area contributed by atoms with E-state index in [0.717, 1.165) is 28.3 Å². The predicted octanol–water partition coefficient (Wildman–Crippen LogP) is 10.2. The lowest BCUT2D eigenvalue weighted by atomic mass is 10.0. The summed E-state index contributed by atoms with van der Waals surface area (Å²) in [6, 6.07) is 16.1. The van der Waals surface area contributed by atoms with E-state index >= 15 is 0 Å². The summed E-state index contributed by atoms with van der Waals surface area (Å²) < 4.78 is 4.75. The number of carbonyl (C=O) groups is 6. The molecule has 0 aromatic heterocycles. The van der Waals surface area contributed by atoms with Crippen molar-refractivity contribution in [3.8, 4) is 11.8 Å². The molecule has 2 aromatic carbocycles. The second kappa shape index (κ2) is 34.8. The van der Waals surface area contributed by atoms with Gasteiger partial charge in [0, 0.05) is 60.0 Å². The molecule has 354 valence electrons. The summed E-state index contributed by atoms with van der Waals surface area (Å²) in [7, 11) is 1.70. The number of hydrogen-bond acceptors (Lipinski definition) is 9. The van der Waals surface area contributed by atoms with Gasteiger partial charge in [0.15, 0.2) is 0 Å². The van der Waals surface area contributed by atoms with E-state index in [1.807, 2.05) is 109 Å². The third-order valence-electron chi connectivity index (χ3n) is 7.43. The Balaban J connectivity index is -0.000000233. The summed E-state index contributed by atoms with van der Waals surface area (Å²) in [5.74, 6) is 5.12. The van der Waals surface area contributed by atoms with Crippen molar-refractivity contribution in [3.05, 3.63) is 77.4 Å². The van der Waals surface area contributed by atoms with Gasteiger partial charge >= 0.3 is 5.97 Å². The van der Waals surface area contributed by atoms with Crippen LogP contribution in [-0.2, 0) is 44.9 Å². The minimum Gasteiger partial charge on any atom is -0.382 e. The smallest absolute Gasteiger partial charge is 0.335 e. The van der Waals surface area contributed by atoms with E-state index in [0.29, 0.717) is 23.8 Å². The van der Waals surface area contributed by atoms with Crippen molar-refractivity contribution < 1.29 is 43.1 Å². The highest BCUT2D eigenvalue weighted by Crippen LogP contribution is 2.26. The van der Waals surface area contributed by atoms with Crippen LogP contribution in [0.2, 0.25) is 0 Å². The van der Waals surface area contributed by atoms with Crippen LogP contribution in [0.1, 0.15) is 149 Å². The number of ether oxygens (including phenoxy) is 1. The first kappa shape index (κ1) is 66.4. The van der Waals surface area contributed by atoms with Gasteiger partial charge in [0.25, 0.3) is 30.3 Å². The fraction of sp³-hybridized carbons (Fsp3) is 0.540. The van der Waals surface area contributed by atoms with Crippen molar-refractivity contribution in [2.45, 2.75) is 157 Å². The lowest BCUT2D eigenvalue weighted by Crippen LogP contribution is -2.36. The molecule has 0 N–H and O–H groups in total. The van der Waals surface area contributed by atoms with E-state index in [4.69, 9.17) is 4.74 Å². The van der Waals surface area contributed by atoms with Crippen LogP contribution in [0.15, 0.2) is 65.8 Å². The fourth-order valence-corrected chi connectivity index (χ4v) is 4.43. The Bertz CT molecular complexity index is 1810. The average Bonchev–Trinajstić information content (AvgIpc) is 3.67. The molecule has 0 aliphatic carbocycles. The summed E-state index contributed by atoms with van der Waals surface area (Å²) in [6.45, 7) is 28.9. The number of rotatable bonds is 6. The number of carbonyl (C=O) groups excluding carboxylic acids is 6. The molecule has 0 bridgehead atoms. The highest BCUT2D eigenvalue weighted by atomic mass is 16.7. The SMILES string of the molecule is C.C.C.C.C=[N+]=NC(C)C.CC(C)C.CC(C)C(=O)N1Cc2ccccc2C#Cc2ccccc21.CC(C)C(=O)ON1C(=O)CCC1=O.CC(C)N1C(=O)C=CC1=O.COC(C)C. The van der Waals surface area contributed by atoms with E-state index in [-0.39, 0.29) is 78.1 Å². The Labute approximate surface area is 381 Å². The molecule has 3 heterocycles. The molecule has 1 fully saturated rings. The van der Waals surface area contributed by atoms with Crippen LogP contribution in [-0.4, -0.2) is 82.3 Å². The number of imide groups is 2. The predicted molar refractivity (Wildman–Crippen MR) is 258 cm³/mol. The first-order chi connectivity index (χ1) is 27.6. The molecule has 1 saturated heterocycles. The van der Waals surface area contributed by atoms with Crippen molar-refractivity contribution in [2.24, 2.45) is 22.9 Å². The maximum absolute atomic E-state index is 12.6. The van der Waals surface area contributed by atoms with Crippen LogP contribution in [0.4, 0.5) is 5.69 Å². The van der Waals surface area contributed by atoms with Gasteiger partial charge in [0.2, 0.25) is 5.91 Å². The number of fused-ring (bicyclic) bond motifs is 2. The number of anilines is 1. The first-order valence-corrected chi connectivity index (χ1v) is 19.9. The van der Waals surface area contributed by atoms with E-state index in [9.17, 15) is 28.8 Å². The number of para-hydroxylation sites is 1. The largest absolute Gasteiger partial charge is 0.382 e. The molecule has 5 rings (SSSR count). The molecule has 2 aromatic rings. The summed E-state index contributed by atoms with van der Waals surface area (Å²) >= 11 is 0. The van der Waals surface area contributed by atoms with Crippen LogP contribution in [0.25, 0.3) is 0 Å². The molecule has 5 amide bonds. The zero-order chi connectivity index (χ0) is 45.4. The van der Waals surface area contributed by atoms with Gasteiger partial charge in [-0.3, -0.25) is 28.9 Å². The van der Waals surface area contributed by atoms with Crippen LogP contribution in [0.3, 0.4) is 0 Å². The lowest BCUT2D eigenvalue weighted by Gasteiger charge is -2.27. The first-order valence-electron chi connectivity index (χ1n) is 19.9. The standard InChI is InChI=1S/C19H17NO.C8H11NO4.C7H9NO2.C4H9N2.C4H10O.C4H10.4CH4/c1-14(2)19(21)20-13-17-9-4-3-7-15(17)11-12-16-8-5-6-10-18(16)20;1-5(2)8(12)13-9-6(10)3-4-7(9)11;1-5(2)8-6(9)3-4-7(8)10;1-4(2)6-5-3;1-4(2)5-3;1-4(2)3;;;;/h3-10,14H,13H2,1-2H3;5H,3-4H2,1-2H3;3-5H,1-2H3;4H,3H2,1-2H3;4H,1-3H3;4H,1-3H3;4*1H4/q;;;+1;;;;;;. The number of benzene rings is 2. The Hall–Kier alpha value is -5.70. The Morgan fingerprint density at radius 3 is 1.49 bits per heavy atom. The minimum absolute atomic E-state index is 0. The van der Waals surface area contributed by atoms with Gasteiger partial charge in [-0.05, 0) is 71.2 Å². The van der Waals surface area contributed by atoms with Gasteiger partial charge in [-0.1, -0.05) is 120 Å². The summed E-state index contributed by atoms with van der Waals surface area (Å²) in [6.07, 6.45) is 3.23. The molecule has 0 atom stereocenters. The van der Waals surface area contributed by atoms with Crippen molar-refractivity contribution in [3.63, 3.8) is 0 Å². The van der Waals surface area contributed by atoms with Crippen LogP contribution < -0.4 is 4.90 Å². The average molecular weight is 881 g/mol. The summed E-state index contributed by atoms with van der Waals surface area (Å²) in [4.78, 5) is 78.2. The topological polar surface area (TPSA) is 157 Å². The zero-order valence-corrected chi connectivity index (χ0v) is 37.6. The Morgan fingerprint density at radius 1 is 0.698 bits per heavy atom. The number of nitrogens with zero attached hydrogens (tertiary/aromatic N) is 5. The van der Waals surface area contributed by atoms with E-state index < -0.39 is 17.8 Å². The van der Waals surface area contributed by atoms with Crippen LogP contribution in [0.5, 0.6) is 0 Å². The highest BCUT2D eigenvalue weighted by Gasteiger charge is 2.33. The molecule has 0 spiro atoms. The summed E-state index contributed by atoms with van der Waals surface area (Å²) in [5.41, 5.74) is 3.89. The molecular weight excluding hydrogens is 799 g/mol. The monoisotopic (exact) mass is 881 g/mol. The third-order valence-corrected chi connectivity index (χ3v) is 7.43. The number of hydroxylamine groups is 2. The second-order valence-corrected chi connectivity index (χ2v) is 15.5. The number of amides is 5. The van der Waals surface area contributed by atoms with Crippen LogP contribution in [0, 0.1) is 29.6 Å². The lowest BCUT2D eigenvalue weighted by molar-refractivity contribution is -0.199. The maximum atomic E-state index is 12.6. The molecule has 3 aliphatic rings. The van der Waals surface area contributed by atoms with Gasteiger partial charge < -0.3 is 14.5 Å². The number of methoxy groups -OCH3 is 1. The molecular formula is C50H82N5O8+. The normalized spacial score (nSPS) is 12.6. The quantitative estimate of drug-likeness (QED) is 0.0912. The van der Waals surface area contributed by atoms with Gasteiger partial charge in [0.1, 0.15) is 6.04 Å². The molecule has 63 heavy (non-hydrogen) atoms. The number of hydrogen-bond donors (Lipinski definition) is 0. The van der Waals surface area contributed by atoms with Crippen molar-refractivity contribution >= 4 is 47.9 Å². The zero-order valence-electron chi connectivity index (χ0n) is 37.6. The van der Waals surface area contributed by atoms with E-state index in [1.165, 1.54) is 17.1 Å². The van der Waals surface area contributed by atoms with E-state index in [2.05, 4.69) is 54.1 Å². The van der Waals surface area contributed by atoms with Crippen molar-refractivity contribution in [2.75, 3.05) is 12.0 Å². The minimum atomic E-state index is -0.566. The van der Waals surface area contributed by atoms with Crippen molar-refractivity contribution in [1.29, 1.82) is 0 Å². The van der Waals surface area contributed by atoms with Crippen LogP contribution >= 0.6 is 0 Å². The molecule has 0 unspecified atom stereocenters. The fourth-order valence-electron chi connectivity index (χ4n) is 4.43. The van der Waals surface area contributed by atoms with Gasteiger partial charge in [0.05, 0.1) is 29.4 Å². The highest BCUT2D eigenvalue weighted by molar-refractivity contribution is 6.13. The molecule has 0 radical (unpaired) electrons. The molecule has 3 aliphatic heterocycles. The molecule has 0 saturated carbocycles. The van der Waals surface area contributed by atoms with Crippen molar-refractivity contribution in [1.82, 2.24) is 9.96 Å². The molecule has 13 nitrogen and oxygen atoms in total. The van der Waals surface area contributed by atoms with Gasteiger partial charge in [-0.2, -0.15) is 0 Å². The maximum Gasteiger partial charge on any atom is 0.335 e. The Kier molecular flexibility index (Phi) is 36.7. The van der Waals surface area contributed by atoms with E-state index in [1.54, 1.807) is 21.0 Å². The third kappa shape index (κ3) is 25.7. The molecule has 13 heteroatoms. The van der Waals surface area contributed by atoms with Gasteiger partial charge in [-0.25, -0.2) is 4.79 Å². The van der Waals surface area contributed by atoms with Gasteiger partial charge in [-0.15, -0.1) is 5.06 Å². The second-order valence-electron chi connectivity index (χ2n) is 15.5. The summed E-state index contributed by atoms with van der Waals surface area (Å²) in [5, 5.41) is 4.20.